The molecule has 0 spiro atoms. The zero-order chi connectivity index (χ0) is 16.1. The first-order valence-electron chi connectivity index (χ1n) is 7.19. The number of hydrogen-bond donors (Lipinski definition) is 2. The number of carbonyl (C=O) groups is 2. The molecule has 2 amide bonds. The number of carbonyl (C=O) groups excluding carboxylic acids is 2. The van der Waals surface area contributed by atoms with Gasteiger partial charge in [0.05, 0.1) is 19.8 Å². The van der Waals surface area contributed by atoms with Gasteiger partial charge in [-0.25, -0.2) is 0 Å². The summed E-state index contributed by atoms with van der Waals surface area (Å²) in [6.07, 6.45) is 1.24. The van der Waals surface area contributed by atoms with E-state index in [0.29, 0.717) is 18.2 Å². The maximum Gasteiger partial charge on any atom is 0.277 e. The summed E-state index contributed by atoms with van der Waals surface area (Å²) in [4.78, 5) is 24.6. The predicted octanol–water partition coefficient (Wildman–Crippen LogP) is 1.38. The molecule has 0 atom stereocenters. The summed E-state index contributed by atoms with van der Waals surface area (Å²) in [5.41, 5.74) is 0.893. The van der Waals surface area contributed by atoms with Crippen LogP contribution in [-0.2, 0) is 9.59 Å². The van der Waals surface area contributed by atoms with Crippen LogP contribution in [0.15, 0.2) is 36.0 Å². The SMILES string of the molecule is CC(C)COc1ccc(NC2=CC(=O)N(CCO)C2=O)cc1. The Kier molecular flexibility index (Phi) is 5.16. The predicted molar refractivity (Wildman–Crippen MR) is 82.3 cm³/mol. The molecule has 22 heavy (non-hydrogen) atoms. The minimum absolute atomic E-state index is 0.00132. The molecular formula is C16H20N2O4. The largest absolute Gasteiger partial charge is 0.493 e. The molecule has 6 heteroatoms. The summed E-state index contributed by atoms with van der Waals surface area (Å²) in [7, 11) is 0. The van der Waals surface area contributed by atoms with E-state index in [2.05, 4.69) is 19.2 Å². The molecule has 0 saturated heterocycles. The smallest absolute Gasteiger partial charge is 0.277 e. The van der Waals surface area contributed by atoms with Gasteiger partial charge in [-0.1, -0.05) is 13.8 Å². The molecule has 0 unspecified atom stereocenters. The van der Waals surface area contributed by atoms with Gasteiger partial charge in [-0.15, -0.1) is 0 Å². The third-order valence-corrected chi connectivity index (χ3v) is 3.05. The minimum Gasteiger partial charge on any atom is -0.493 e. The van der Waals surface area contributed by atoms with E-state index in [1.807, 2.05) is 0 Å². The molecule has 1 aliphatic rings. The number of amides is 2. The summed E-state index contributed by atoms with van der Waals surface area (Å²) >= 11 is 0. The lowest BCUT2D eigenvalue weighted by Crippen LogP contribution is -2.34. The molecule has 0 aliphatic carbocycles. The molecule has 1 heterocycles. The molecule has 1 aliphatic heterocycles. The quantitative estimate of drug-likeness (QED) is 0.744. The molecule has 0 saturated carbocycles. The van der Waals surface area contributed by atoms with Gasteiger partial charge in [0.1, 0.15) is 11.4 Å². The number of rotatable bonds is 7. The number of nitrogens with zero attached hydrogens (tertiary/aromatic N) is 1. The molecule has 6 nitrogen and oxygen atoms in total. The molecule has 0 aromatic heterocycles. The zero-order valence-corrected chi connectivity index (χ0v) is 12.7. The lowest BCUT2D eigenvalue weighted by atomic mass is 10.2. The number of benzene rings is 1. The Balaban J connectivity index is 1.98. The maximum atomic E-state index is 12.0. The van der Waals surface area contributed by atoms with Gasteiger partial charge in [0.2, 0.25) is 0 Å². The van der Waals surface area contributed by atoms with Crippen LogP contribution in [0, 0.1) is 5.92 Å². The number of nitrogens with one attached hydrogen (secondary N) is 1. The van der Waals surface area contributed by atoms with Crippen molar-refractivity contribution < 1.29 is 19.4 Å². The molecule has 0 radical (unpaired) electrons. The highest BCUT2D eigenvalue weighted by Gasteiger charge is 2.30. The third-order valence-electron chi connectivity index (χ3n) is 3.05. The second-order valence-corrected chi connectivity index (χ2v) is 5.43. The van der Waals surface area contributed by atoms with Crippen molar-refractivity contribution in [3.63, 3.8) is 0 Å². The van der Waals surface area contributed by atoms with Crippen molar-refractivity contribution in [1.29, 1.82) is 0 Å². The van der Waals surface area contributed by atoms with Gasteiger partial charge in [-0.3, -0.25) is 14.5 Å². The molecule has 0 fully saturated rings. The van der Waals surface area contributed by atoms with E-state index in [0.717, 1.165) is 10.6 Å². The molecular weight excluding hydrogens is 284 g/mol. The van der Waals surface area contributed by atoms with Crippen molar-refractivity contribution in [1.82, 2.24) is 4.90 Å². The molecule has 0 bridgehead atoms. The van der Waals surface area contributed by atoms with Crippen molar-refractivity contribution in [3.8, 4) is 5.75 Å². The van der Waals surface area contributed by atoms with Crippen molar-refractivity contribution in [3.05, 3.63) is 36.0 Å². The van der Waals surface area contributed by atoms with Crippen LogP contribution in [0.3, 0.4) is 0 Å². The van der Waals surface area contributed by atoms with E-state index in [-0.39, 0.29) is 18.8 Å². The zero-order valence-electron chi connectivity index (χ0n) is 12.7. The average molecular weight is 304 g/mol. The average Bonchev–Trinajstić information content (AvgIpc) is 2.74. The Labute approximate surface area is 129 Å². The second-order valence-electron chi connectivity index (χ2n) is 5.43. The molecule has 118 valence electrons. The number of aliphatic hydroxyl groups is 1. The fourth-order valence-corrected chi connectivity index (χ4v) is 1.96. The summed E-state index contributed by atoms with van der Waals surface area (Å²) in [5.74, 6) is 0.351. The van der Waals surface area contributed by atoms with Crippen molar-refractivity contribution >= 4 is 17.5 Å². The molecule has 1 aromatic rings. The number of anilines is 1. The highest BCUT2D eigenvalue weighted by Crippen LogP contribution is 2.20. The summed E-state index contributed by atoms with van der Waals surface area (Å²) in [5, 5.41) is 11.8. The number of aliphatic hydroxyl groups excluding tert-OH is 1. The van der Waals surface area contributed by atoms with Crippen LogP contribution >= 0.6 is 0 Å². The Morgan fingerprint density at radius 1 is 1.23 bits per heavy atom. The van der Waals surface area contributed by atoms with E-state index < -0.39 is 11.8 Å². The minimum atomic E-state index is -0.431. The van der Waals surface area contributed by atoms with Gasteiger partial charge in [-0.2, -0.15) is 0 Å². The van der Waals surface area contributed by atoms with Crippen LogP contribution in [0.2, 0.25) is 0 Å². The van der Waals surface area contributed by atoms with Crippen LogP contribution in [0.5, 0.6) is 5.75 Å². The van der Waals surface area contributed by atoms with Gasteiger partial charge in [0.25, 0.3) is 11.8 Å². The fraction of sp³-hybridized carbons (Fsp3) is 0.375. The van der Waals surface area contributed by atoms with Gasteiger partial charge in [0, 0.05) is 11.8 Å². The van der Waals surface area contributed by atoms with Crippen LogP contribution in [0.4, 0.5) is 5.69 Å². The van der Waals surface area contributed by atoms with Gasteiger partial charge in [-0.05, 0) is 30.2 Å². The summed E-state index contributed by atoms with van der Waals surface area (Å²) in [6.45, 7) is 4.54. The number of β-amino-alcohol motifs (C(OH)–C–C–N with tert-alkyl or cyclic N) is 1. The lowest BCUT2D eigenvalue weighted by molar-refractivity contribution is -0.137. The normalized spacial score (nSPS) is 14.5. The van der Waals surface area contributed by atoms with E-state index in [9.17, 15) is 9.59 Å². The van der Waals surface area contributed by atoms with Crippen LogP contribution in [0.1, 0.15) is 13.8 Å². The molecule has 2 rings (SSSR count). The van der Waals surface area contributed by atoms with Crippen LogP contribution < -0.4 is 10.1 Å². The number of ether oxygens (including phenoxy) is 1. The van der Waals surface area contributed by atoms with Gasteiger partial charge in [0.15, 0.2) is 0 Å². The van der Waals surface area contributed by atoms with Gasteiger partial charge >= 0.3 is 0 Å². The number of imide groups is 1. The lowest BCUT2D eigenvalue weighted by Gasteiger charge is -2.13. The van der Waals surface area contributed by atoms with E-state index in [4.69, 9.17) is 9.84 Å². The highest BCUT2D eigenvalue weighted by atomic mass is 16.5. The first-order valence-corrected chi connectivity index (χ1v) is 7.19. The molecule has 2 N–H and O–H groups in total. The second kappa shape index (κ2) is 7.09. The van der Waals surface area contributed by atoms with E-state index in [1.54, 1.807) is 24.3 Å². The van der Waals surface area contributed by atoms with Crippen molar-refractivity contribution in [2.45, 2.75) is 13.8 Å². The third kappa shape index (κ3) is 3.85. The number of hydrogen-bond acceptors (Lipinski definition) is 5. The summed E-state index contributed by atoms with van der Waals surface area (Å²) in [6, 6.07) is 7.17. The highest BCUT2D eigenvalue weighted by molar-refractivity contribution is 6.17. The summed E-state index contributed by atoms with van der Waals surface area (Å²) < 4.78 is 5.58. The molecule has 1 aromatic carbocycles. The van der Waals surface area contributed by atoms with E-state index in [1.165, 1.54) is 6.08 Å². The van der Waals surface area contributed by atoms with Gasteiger partial charge < -0.3 is 15.2 Å². The topological polar surface area (TPSA) is 78.9 Å². The van der Waals surface area contributed by atoms with E-state index >= 15 is 0 Å². The standard InChI is InChI=1S/C16H20N2O4/c1-11(2)10-22-13-5-3-12(4-6-13)17-14-9-15(20)18(7-8-19)16(14)21/h3-6,9,11,17,19H,7-8,10H2,1-2H3. The van der Waals surface area contributed by atoms with Crippen LogP contribution in [0.25, 0.3) is 0 Å². The van der Waals surface area contributed by atoms with Crippen molar-refractivity contribution in [2.75, 3.05) is 25.1 Å². The monoisotopic (exact) mass is 304 g/mol. The fourth-order valence-electron chi connectivity index (χ4n) is 1.96. The Morgan fingerprint density at radius 2 is 1.91 bits per heavy atom. The maximum absolute atomic E-state index is 12.0. The van der Waals surface area contributed by atoms with Crippen LogP contribution in [-0.4, -0.2) is 41.6 Å². The Morgan fingerprint density at radius 3 is 2.50 bits per heavy atom. The first-order chi connectivity index (χ1) is 10.5. The van der Waals surface area contributed by atoms with Crippen molar-refractivity contribution in [2.24, 2.45) is 5.92 Å². The Bertz CT molecular complexity index is 578. The first kappa shape index (κ1) is 16.0. The Hall–Kier alpha value is -2.34.